The Hall–Kier alpha value is -1.11. The van der Waals surface area contributed by atoms with E-state index >= 15 is 0 Å². The largest absolute Gasteiger partial charge is 0.419 e. The highest BCUT2D eigenvalue weighted by molar-refractivity contribution is 9.09. The van der Waals surface area contributed by atoms with Crippen LogP contribution in [0, 0.1) is 5.82 Å². The Morgan fingerprint density at radius 2 is 1.95 bits per heavy atom. The van der Waals surface area contributed by atoms with E-state index in [1.165, 1.54) is 4.90 Å². The SMILES string of the molecule is CCCN(CCBr)C(=O)c1cccc(C(F)(F)F)c1F. The number of nitrogens with zero attached hydrogens (tertiary/aromatic N) is 1. The zero-order chi connectivity index (χ0) is 15.3. The number of carbonyl (C=O) groups excluding carboxylic acids is 1. The maximum Gasteiger partial charge on any atom is 0.419 e. The van der Waals surface area contributed by atoms with Crippen molar-refractivity contribution in [2.45, 2.75) is 19.5 Å². The summed E-state index contributed by atoms with van der Waals surface area (Å²) in [7, 11) is 0. The Balaban J connectivity index is 3.16. The van der Waals surface area contributed by atoms with Gasteiger partial charge in [0.15, 0.2) is 0 Å². The van der Waals surface area contributed by atoms with Crippen LogP contribution in [0.25, 0.3) is 0 Å². The van der Waals surface area contributed by atoms with Crippen molar-refractivity contribution in [3.63, 3.8) is 0 Å². The lowest BCUT2D eigenvalue weighted by molar-refractivity contribution is -0.140. The molecule has 0 bridgehead atoms. The number of rotatable bonds is 5. The third-order valence-electron chi connectivity index (χ3n) is 2.67. The van der Waals surface area contributed by atoms with E-state index in [-0.39, 0.29) is 0 Å². The first kappa shape index (κ1) is 16.9. The molecule has 0 atom stereocenters. The molecule has 1 rings (SSSR count). The topological polar surface area (TPSA) is 20.3 Å². The Morgan fingerprint density at radius 1 is 1.30 bits per heavy atom. The smallest absolute Gasteiger partial charge is 0.338 e. The van der Waals surface area contributed by atoms with Crippen molar-refractivity contribution in [2.24, 2.45) is 0 Å². The second kappa shape index (κ2) is 7.06. The summed E-state index contributed by atoms with van der Waals surface area (Å²) in [5.74, 6) is -2.24. The lowest BCUT2D eigenvalue weighted by Gasteiger charge is -2.22. The Kier molecular flexibility index (Phi) is 5.98. The van der Waals surface area contributed by atoms with Crippen molar-refractivity contribution in [3.8, 4) is 0 Å². The summed E-state index contributed by atoms with van der Waals surface area (Å²) < 4.78 is 51.7. The number of benzene rings is 1. The molecule has 0 fully saturated rings. The van der Waals surface area contributed by atoms with Crippen molar-refractivity contribution < 1.29 is 22.4 Å². The molecular formula is C13H14BrF4NO. The second-order valence-electron chi connectivity index (χ2n) is 4.15. The molecule has 2 nitrogen and oxygen atoms in total. The molecule has 0 saturated carbocycles. The zero-order valence-electron chi connectivity index (χ0n) is 10.8. The van der Waals surface area contributed by atoms with Crippen LogP contribution in [0.3, 0.4) is 0 Å². The van der Waals surface area contributed by atoms with E-state index in [1.54, 1.807) is 0 Å². The van der Waals surface area contributed by atoms with E-state index < -0.39 is 29.0 Å². The first-order valence-electron chi connectivity index (χ1n) is 6.03. The van der Waals surface area contributed by atoms with Crippen LogP contribution < -0.4 is 0 Å². The van der Waals surface area contributed by atoms with Gasteiger partial charge in [0, 0.05) is 18.4 Å². The molecule has 0 aliphatic rings. The average Bonchev–Trinajstić information content (AvgIpc) is 2.36. The zero-order valence-corrected chi connectivity index (χ0v) is 12.4. The fraction of sp³-hybridized carbons (Fsp3) is 0.462. The van der Waals surface area contributed by atoms with Gasteiger partial charge in [0.25, 0.3) is 5.91 Å². The number of hydrogen-bond acceptors (Lipinski definition) is 1. The molecule has 7 heteroatoms. The van der Waals surface area contributed by atoms with E-state index in [0.29, 0.717) is 30.9 Å². The molecule has 1 amide bonds. The van der Waals surface area contributed by atoms with Gasteiger partial charge in [0.1, 0.15) is 5.82 Å². The standard InChI is InChI=1S/C13H14BrF4NO/c1-2-7-19(8-6-14)12(20)9-4-3-5-10(11(9)15)13(16,17)18/h3-5H,2,6-8H2,1H3. The number of carbonyl (C=O) groups is 1. The van der Waals surface area contributed by atoms with Crippen LogP contribution in [-0.4, -0.2) is 29.2 Å². The lowest BCUT2D eigenvalue weighted by Crippen LogP contribution is -2.34. The first-order valence-corrected chi connectivity index (χ1v) is 7.16. The molecule has 0 heterocycles. The lowest BCUT2D eigenvalue weighted by atomic mass is 10.1. The van der Waals surface area contributed by atoms with E-state index in [0.717, 1.165) is 12.1 Å². The summed E-state index contributed by atoms with van der Waals surface area (Å²) in [6, 6.07) is 2.74. The molecule has 0 saturated heterocycles. The van der Waals surface area contributed by atoms with Gasteiger partial charge in [0.2, 0.25) is 0 Å². The van der Waals surface area contributed by atoms with E-state index in [2.05, 4.69) is 15.9 Å². The molecule has 0 aromatic heterocycles. The molecule has 20 heavy (non-hydrogen) atoms. The fourth-order valence-electron chi connectivity index (χ4n) is 1.77. The van der Waals surface area contributed by atoms with Crippen molar-refractivity contribution in [1.82, 2.24) is 4.90 Å². The molecule has 0 spiro atoms. The highest BCUT2D eigenvalue weighted by atomic mass is 79.9. The van der Waals surface area contributed by atoms with Crippen molar-refractivity contribution in [3.05, 3.63) is 35.1 Å². The summed E-state index contributed by atoms with van der Waals surface area (Å²) in [6.45, 7) is 2.50. The minimum Gasteiger partial charge on any atom is -0.338 e. The van der Waals surface area contributed by atoms with Gasteiger partial charge < -0.3 is 4.90 Å². The van der Waals surface area contributed by atoms with Gasteiger partial charge in [0.05, 0.1) is 11.1 Å². The highest BCUT2D eigenvalue weighted by Gasteiger charge is 2.36. The monoisotopic (exact) mass is 355 g/mol. The molecule has 0 aliphatic carbocycles. The molecule has 1 aromatic carbocycles. The summed E-state index contributed by atoms with van der Waals surface area (Å²) in [5.41, 5.74) is -1.96. The molecule has 0 N–H and O–H groups in total. The van der Waals surface area contributed by atoms with Crippen LogP contribution >= 0.6 is 15.9 Å². The van der Waals surface area contributed by atoms with Crippen molar-refractivity contribution in [2.75, 3.05) is 18.4 Å². The number of halogens is 5. The molecular weight excluding hydrogens is 342 g/mol. The van der Waals surface area contributed by atoms with Gasteiger partial charge in [-0.15, -0.1) is 0 Å². The Labute approximate surface area is 122 Å². The van der Waals surface area contributed by atoms with Crippen molar-refractivity contribution in [1.29, 1.82) is 0 Å². The van der Waals surface area contributed by atoms with Crippen LogP contribution in [-0.2, 0) is 6.18 Å². The highest BCUT2D eigenvalue weighted by Crippen LogP contribution is 2.32. The van der Waals surface area contributed by atoms with E-state index in [4.69, 9.17) is 0 Å². The molecule has 112 valence electrons. The van der Waals surface area contributed by atoms with Gasteiger partial charge in [-0.2, -0.15) is 13.2 Å². The number of amides is 1. The minimum absolute atomic E-state index is 0.308. The van der Waals surface area contributed by atoms with Crippen LogP contribution in [0.2, 0.25) is 0 Å². The van der Waals surface area contributed by atoms with E-state index in [9.17, 15) is 22.4 Å². The summed E-state index contributed by atoms with van der Waals surface area (Å²) in [6.07, 6.45) is -4.18. The second-order valence-corrected chi connectivity index (χ2v) is 4.94. The van der Waals surface area contributed by atoms with Gasteiger partial charge in [-0.1, -0.05) is 28.9 Å². The van der Waals surface area contributed by atoms with Gasteiger partial charge in [-0.05, 0) is 18.6 Å². The normalized spacial score (nSPS) is 11.5. The molecule has 0 radical (unpaired) electrons. The quantitative estimate of drug-likeness (QED) is 0.575. The Morgan fingerprint density at radius 3 is 2.45 bits per heavy atom. The average molecular weight is 356 g/mol. The predicted octanol–water partition coefficient (Wildman–Crippen LogP) is 4.09. The van der Waals surface area contributed by atoms with Gasteiger partial charge in [-0.3, -0.25) is 4.79 Å². The van der Waals surface area contributed by atoms with Gasteiger partial charge in [-0.25, -0.2) is 4.39 Å². The van der Waals surface area contributed by atoms with Crippen molar-refractivity contribution >= 4 is 21.8 Å². The Bertz CT molecular complexity index is 470. The maximum absolute atomic E-state index is 13.9. The van der Waals surface area contributed by atoms with Gasteiger partial charge >= 0.3 is 6.18 Å². The number of alkyl halides is 4. The first-order chi connectivity index (χ1) is 9.32. The summed E-state index contributed by atoms with van der Waals surface area (Å²) in [5, 5.41) is 0.472. The van der Waals surface area contributed by atoms with E-state index in [1.807, 2.05) is 6.92 Å². The fourth-order valence-corrected chi connectivity index (χ4v) is 2.20. The van der Waals surface area contributed by atoms with Crippen LogP contribution in [0.15, 0.2) is 18.2 Å². The predicted molar refractivity (Wildman–Crippen MR) is 71.4 cm³/mol. The maximum atomic E-state index is 13.9. The molecule has 0 aliphatic heterocycles. The number of hydrogen-bond donors (Lipinski definition) is 0. The molecule has 0 unspecified atom stereocenters. The third-order valence-corrected chi connectivity index (χ3v) is 3.02. The minimum atomic E-state index is -4.81. The third kappa shape index (κ3) is 3.94. The summed E-state index contributed by atoms with van der Waals surface area (Å²) >= 11 is 3.16. The summed E-state index contributed by atoms with van der Waals surface area (Å²) in [4.78, 5) is 13.4. The van der Waals surface area contributed by atoms with Crippen LogP contribution in [0.1, 0.15) is 29.3 Å². The van der Waals surface area contributed by atoms with Crippen LogP contribution in [0.4, 0.5) is 17.6 Å². The molecule has 1 aromatic rings. The van der Waals surface area contributed by atoms with Crippen LogP contribution in [0.5, 0.6) is 0 Å².